The maximum absolute atomic E-state index is 13.1. The molecule has 150 valence electrons. The molecule has 2 aromatic carbocycles. The van der Waals surface area contributed by atoms with Gasteiger partial charge in [0.2, 0.25) is 0 Å². The summed E-state index contributed by atoms with van der Waals surface area (Å²) in [7, 11) is 1.63. The van der Waals surface area contributed by atoms with Crippen molar-refractivity contribution in [3.05, 3.63) is 59.7 Å². The van der Waals surface area contributed by atoms with Gasteiger partial charge >= 0.3 is 5.97 Å². The summed E-state index contributed by atoms with van der Waals surface area (Å²) in [6.07, 6.45) is 0. The number of nitrogens with zero attached hydrogens (tertiary/aromatic N) is 2. The summed E-state index contributed by atoms with van der Waals surface area (Å²) in [5.41, 5.74) is 2.18. The van der Waals surface area contributed by atoms with Gasteiger partial charge in [0.15, 0.2) is 5.11 Å². The highest BCUT2D eigenvalue weighted by molar-refractivity contribution is 7.99. The van der Waals surface area contributed by atoms with Crippen LogP contribution in [0.5, 0.6) is 5.75 Å². The van der Waals surface area contributed by atoms with Crippen LogP contribution in [-0.2, 0) is 9.53 Å². The van der Waals surface area contributed by atoms with Crippen LogP contribution in [0.1, 0.15) is 28.2 Å². The Hall–Kier alpha value is -2.58. The standard InChI is InChI=1S/C21H20N2O4S2/c1-3-27-20(25)14-4-8-15(9-5-14)22-18(24)17-12-29-19(23(17)21(22)28)13-6-10-16(26-2)11-7-13/h4-11,17,19H,3,12H2,1-2H3/t17-,19?/m1/s1. The molecule has 2 aromatic rings. The third kappa shape index (κ3) is 3.47. The number of hydrogen-bond donors (Lipinski definition) is 0. The smallest absolute Gasteiger partial charge is 0.338 e. The van der Waals surface area contributed by atoms with Crippen LogP contribution >= 0.6 is 24.0 Å². The van der Waals surface area contributed by atoms with Crippen molar-refractivity contribution in [2.75, 3.05) is 24.4 Å². The van der Waals surface area contributed by atoms with E-state index in [0.717, 1.165) is 11.3 Å². The monoisotopic (exact) mass is 428 g/mol. The molecular formula is C21H20N2O4S2. The van der Waals surface area contributed by atoms with Crippen LogP contribution in [0, 0.1) is 0 Å². The number of methoxy groups -OCH3 is 1. The van der Waals surface area contributed by atoms with Crippen molar-refractivity contribution in [2.45, 2.75) is 18.3 Å². The average molecular weight is 429 g/mol. The molecule has 1 amide bonds. The van der Waals surface area contributed by atoms with E-state index in [1.807, 2.05) is 29.2 Å². The van der Waals surface area contributed by atoms with Crippen LogP contribution in [0.25, 0.3) is 0 Å². The molecule has 0 aliphatic carbocycles. The van der Waals surface area contributed by atoms with E-state index in [-0.39, 0.29) is 23.3 Å². The Balaban J connectivity index is 1.58. The fourth-order valence-electron chi connectivity index (χ4n) is 3.51. The maximum atomic E-state index is 13.1. The van der Waals surface area contributed by atoms with Crippen LogP contribution in [0.3, 0.4) is 0 Å². The Morgan fingerprint density at radius 2 is 1.86 bits per heavy atom. The summed E-state index contributed by atoms with van der Waals surface area (Å²) >= 11 is 7.40. The molecule has 2 fully saturated rings. The zero-order chi connectivity index (χ0) is 20.5. The van der Waals surface area contributed by atoms with E-state index in [1.165, 1.54) is 0 Å². The molecule has 2 aliphatic heterocycles. The first kappa shape index (κ1) is 19.7. The molecule has 2 aliphatic rings. The minimum atomic E-state index is -0.383. The second-order valence-corrected chi connectivity index (χ2v) is 8.08. The first-order valence-electron chi connectivity index (χ1n) is 9.24. The van der Waals surface area contributed by atoms with Gasteiger partial charge in [0.25, 0.3) is 5.91 Å². The van der Waals surface area contributed by atoms with Gasteiger partial charge in [-0.2, -0.15) is 0 Å². The fraction of sp³-hybridized carbons (Fsp3) is 0.286. The SMILES string of the molecule is CCOC(=O)c1ccc(N2C(=O)[C@H]3CSC(c4ccc(OC)cc4)N3C2=S)cc1. The summed E-state index contributed by atoms with van der Waals surface area (Å²) in [6.45, 7) is 2.08. The molecule has 2 saturated heterocycles. The number of carbonyl (C=O) groups is 2. The van der Waals surface area contributed by atoms with Gasteiger partial charge < -0.3 is 14.4 Å². The van der Waals surface area contributed by atoms with Crippen molar-refractivity contribution in [1.82, 2.24) is 4.90 Å². The lowest BCUT2D eigenvalue weighted by atomic mass is 10.2. The first-order valence-corrected chi connectivity index (χ1v) is 10.7. The molecular weight excluding hydrogens is 408 g/mol. The van der Waals surface area contributed by atoms with Crippen LogP contribution < -0.4 is 9.64 Å². The molecule has 0 aromatic heterocycles. The summed E-state index contributed by atoms with van der Waals surface area (Å²) in [5, 5.41) is 0.459. The van der Waals surface area contributed by atoms with Crippen molar-refractivity contribution in [3.63, 3.8) is 0 Å². The number of thioether (sulfide) groups is 1. The molecule has 0 spiro atoms. The molecule has 2 atom stereocenters. The number of hydrogen-bond acceptors (Lipinski definition) is 6. The molecule has 0 radical (unpaired) electrons. The molecule has 0 N–H and O–H groups in total. The zero-order valence-electron chi connectivity index (χ0n) is 16.0. The summed E-state index contributed by atoms with van der Waals surface area (Å²) in [5.74, 6) is 1.04. The molecule has 0 saturated carbocycles. The van der Waals surface area contributed by atoms with E-state index in [2.05, 4.69) is 0 Å². The van der Waals surface area contributed by atoms with Crippen molar-refractivity contribution in [2.24, 2.45) is 0 Å². The van der Waals surface area contributed by atoms with E-state index >= 15 is 0 Å². The van der Waals surface area contributed by atoms with Crippen molar-refractivity contribution < 1.29 is 19.1 Å². The van der Waals surface area contributed by atoms with Crippen LogP contribution in [0.4, 0.5) is 5.69 Å². The number of fused-ring (bicyclic) bond motifs is 1. The van der Waals surface area contributed by atoms with Crippen molar-refractivity contribution in [3.8, 4) is 5.75 Å². The van der Waals surface area contributed by atoms with Gasteiger partial charge in [-0.1, -0.05) is 12.1 Å². The Kier molecular flexibility index (Phi) is 5.47. The van der Waals surface area contributed by atoms with Crippen LogP contribution in [0.2, 0.25) is 0 Å². The summed E-state index contributed by atoms with van der Waals surface area (Å²) in [4.78, 5) is 28.5. The minimum Gasteiger partial charge on any atom is -0.497 e. The lowest BCUT2D eigenvalue weighted by Gasteiger charge is -2.25. The van der Waals surface area contributed by atoms with Gasteiger partial charge in [-0.25, -0.2) is 4.79 Å². The van der Waals surface area contributed by atoms with E-state index in [0.29, 0.717) is 28.7 Å². The molecule has 4 rings (SSSR count). The number of amides is 1. The van der Waals surface area contributed by atoms with Gasteiger partial charge in [-0.15, -0.1) is 11.8 Å². The number of esters is 1. The number of benzene rings is 2. The summed E-state index contributed by atoms with van der Waals surface area (Å²) in [6, 6.07) is 14.3. The molecule has 2 heterocycles. The van der Waals surface area contributed by atoms with Gasteiger partial charge in [-0.05, 0) is 61.1 Å². The predicted molar refractivity (Wildman–Crippen MR) is 116 cm³/mol. The highest BCUT2D eigenvalue weighted by atomic mass is 32.2. The van der Waals surface area contributed by atoms with E-state index < -0.39 is 0 Å². The number of rotatable bonds is 5. The zero-order valence-corrected chi connectivity index (χ0v) is 17.7. The van der Waals surface area contributed by atoms with Crippen LogP contribution in [-0.4, -0.2) is 47.4 Å². The van der Waals surface area contributed by atoms with Gasteiger partial charge in [0, 0.05) is 5.75 Å². The molecule has 29 heavy (non-hydrogen) atoms. The molecule has 0 bridgehead atoms. The molecule has 8 heteroatoms. The van der Waals surface area contributed by atoms with Gasteiger partial charge in [-0.3, -0.25) is 9.69 Å². The maximum Gasteiger partial charge on any atom is 0.338 e. The van der Waals surface area contributed by atoms with E-state index in [4.69, 9.17) is 21.7 Å². The second-order valence-electron chi connectivity index (χ2n) is 6.61. The summed E-state index contributed by atoms with van der Waals surface area (Å²) < 4.78 is 10.2. The molecule has 6 nitrogen and oxygen atoms in total. The van der Waals surface area contributed by atoms with Crippen molar-refractivity contribution in [1.29, 1.82) is 0 Å². The Morgan fingerprint density at radius 1 is 1.17 bits per heavy atom. The van der Waals surface area contributed by atoms with Gasteiger partial charge in [0.1, 0.15) is 17.2 Å². The Labute approximate surface area is 178 Å². The number of carbonyl (C=O) groups excluding carboxylic acids is 2. The van der Waals surface area contributed by atoms with E-state index in [9.17, 15) is 9.59 Å². The lowest BCUT2D eigenvalue weighted by Crippen LogP contribution is -2.33. The third-order valence-corrected chi connectivity index (χ3v) is 6.67. The molecule has 1 unspecified atom stereocenters. The number of thiocarbonyl (C=S) groups is 1. The highest BCUT2D eigenvalue weighted by Crippen LogP contribution is 2.46. The topological polar surface area (TPSA) is 59.1 Å². The lowest BCUT2D eigenvalue weighted by molar-refractivity contribution is -0.119. The third-order valence-electron chi connectivity index (χ3n) is 4.96. The Bertz CT molecular complexity index is 946. The predicted octanol–water partition coefficient (Wildman–Crippen LogP) is 3.62. The average Bonchev–Trinajstić information content (AvgIpc) is 3.29. The fourth-order valence-corrected chi connectivity index (χ4v) is 5.43. The normalized spacial score (nSPS) is 20.8. The Morgan fingerprint density at radius 3 is 2.48 bits per heavy atom. The highest BCUT2D eigenvalue weighted by Gasteiger charge is 2.50. The van der Waals surface area contributed by atoms with E-state index in [1.54, 1.807) is 55.0 Å². The van der Waals surface area contributed by atoms with Crippen molar-refractivity contribution >= 4 is 46.7 Å². The number of anilines is 1. The number of ether oxygens (including phenoxy) is 2. The second kappa shape index (κ2) is 8.04. The first-order chi connectivity index (χ1) is 14.0. The van der Waals surface area contributed by atoms with Crippen LogP contribution in [0.15, 0.2) is 48.5 Å². The largest absolute Gasteiger partial charge is 0.497 e. The van der Waals surface area contributed by atoms with Gasteiger partial charge in [0.05, 0.1) is 25.0 Å². The minimum absolute atomic E-state index is 0.0221. The quantitative estimate of drug-likeness (QED) is 0.532.